The molecule has 0 saturated heterocycles. The van der Waals surface area contributed by atoms with E-state index in [2.05, 4.69) is 15.4 Å². The summed E-state index contributed by atoms with van der Waals surface area (Å²) >= 11 is 5.72. The molecule has 1 N–H and O–H groups in total. The van der Waals surface area contributed by atoms with E-state index in [4.69, 9.17) is 16.3 Å². The fourth-order valence-electron chi connectivity index (χ4n) is 2.09. The molecule has 0 aliphatic carbocycles. The van der Waals surface area contributed by atoms with E-state index in [1.54, 1.807) is 6.07 Å². The molecule has 0 atom stereocenters. The smallest absolute Gasteiger partial charge is 0.416 e. The Morgan fingerprint density at radius 3 is 2.74 bits per heavy atom. The first-order valence-electron chi connectivity index (χ1n) is 7.58. The molecule has 10 heteroatoms. The maximum Gasteiger partial charge on any atom is 0.416 e. The van der Waals surface area contributed by atoms with Crippen molar-refractivity contribution in [2.45, 2.75) is 12.9 Å². The van der Waals surface area contributed by atoms with E-state index in [-0.39, 0.29) is 18.2 Å². The Hall–Kier alpha value is -3.07. The van der Waals surface area contributed by atoms with Gasteiger partial charge in [-0.1, -0.05) is 17.7 Å². The number of benzene rings is 1. The summed E-state index contributed by atoms with van der Waals surface area (Å²) in [7, 11) is 0. The average Bonchev–Trinajstić information content (AvgIpc) is 3.11. The van der Waals surface area contributed by atoms with Crippen LogP contribution in [0.25, 0.3) is 0 Å². The van der Waals surface area contributed by atoms with Gasteiger partial charge < -0.3 is 10.1 Å². The van der Waals surface area contributed by atoms with E-state index in [0.717, 1.165) is 12.1 Å². The van der Waals surface area contributed by atoms with Crippen molar-refractivity contribution >= 4 is 23.3 Å². The maximum absolute atomic E-state index is 12.7. The topological polar surface area (TPSA) is 69.0 Å². The first kappa shape index (κ1) is 18.7. The lowest BCUT2D eigenvalue weighted by atomic mass is 10.2. The molecule has 6 nitrogen and oxygen atoms in total. The van der Waals surface area contributed by atoms with Crippen LogP contribution in [0.2, 0.25) is 5.02 Å². The first-order chi connectivity index (χ1) is 12.8. The molecule has 0 saturated carbocycles. The predicted molar refractivity (Wildman–Crippen MR) is 91.5 cm³/mol. The first-order valence-corrected chi connectivity index (χ1v) is 7.95. The van der Waals surface area contributed by atoms with E-state index in [0.29, 0.717) is 10.8 Å². The maximum atomic E-state index is 12.7. The van der Waals surface area contributed by atoms with E-state index in [9.17, 15) is 18.0 Å². The molecule has 0 bridgehead atoms. The van der Waals surface area contributed by atoms with Gasteiger partial charge in [0.25, 0.3) is 5.91 Å². The molecule has 0 spiro atoms. The fraction of sp³-hybridized carbons (Fsp3) is 0.118. The molecule has 1 amide bonds. The molecule has 0 aliphatic heterocycles. The largest absolute Gasteiger partial charge is 0.471 e. The van der Waals surface area contributed by atoms with Gasteiger partial charge in [0.15, 0.2) is 12.4 Å². The molecule has 0 fully saturated rings. The molecule has 0 aliphatic rings. The second-order valence-electron chi connectivity index (χ2n) is 5.36. The fourth-order valence-corrected chi connectivity index (χ4v) is 2.20. The molecule has 3 aromatic rings. The van der Waals surface area contributed by atoms with Gasteiger partial charge in [0.2, 0.25) is 0 Å². The van der Waals surface area contributed by atoms with Gasteiger partial charge in [0.05, 0.1) is 10.6 Å². The summed E-state index contributed by atoms with van der Waals surface area (Å²) in [6.45, 7) is -0.159. The van der Waals surface area contributed by atoms with Gasteiger partial charge in [-0.25, -0.2) is 9.67 Å². The molecular weight excluding hydrogens is 385 g/mol. The minimum Gasteiger partial charge on any atom is -0.471 e. The second-order valence-corrected chi connectivity index (χ2v) is 5.79. The zero-order chi connectivity index (χ0) is 19.4. The highest BCUT2D eigenvalue weighted by Crippen LogP contribution is 2.31. The third-order valence-corrected chi connectivity index (χ3v) is 3.59. The third-order valence-electron chi connectivity index (χ3n) is 3.37. The molecule has 2 aromatic heterocycles. The van der Waals surface area contributed by atoms with Crippen molar-refractivity contribution in [3.05, 3.63) is 71.1 Å². The number of aromatic nitrogens is 3. The standard InChI is InChI=1S/C17H12ClF3N4O2/c18-12-4-5-15(22-9-12)23-16(26)14-6-7-25(24-14)10-27-13-3-1-2-11(8-13)17(19,20)21/h1-9H,10H2,(H,22,23,26). The van der Waals surface area contributed by atoms with Gasteiger partial charge in [0, 0.05) is 12.4 Å². The normalized spacial score (nSPS) is 11.3. The molecular formula is C17H12ClF3N4O2. The monoisotopic (exact) mass is 396 g/mol. The van der Waals surface area contributed by atoms with Gasteiger partial charge in [-0.05, 0) is 36.4 Å². The summed E-state index contributed by atoms with van der Waals surface area (Å²) < 4.78 is 44.7. The van der Waals surface area contributed by atoms with E-state index < -0.39 is 17.6 Å². The Labute approximate surface area is 156 Å². The number of carbonyl (C=O) groups excluding carboxylic acids is 1. The number of hydrogen-bond donors (Lipinski definition) is 1. The third kappa shape index (κ3) is 4.98. The highest BCUT2D eigenvalue weighted by Gasteiger charge is 2.30. The number of anilines is 1. The van der Waals surface area contributed by atoms with Crippen molar-refractivity contribution in [3.63, 3.8) is 0 Å². The minimum atomic E-state index is -4.45. The van der Waals surface area contributed by atoms with Crippen LogP contribution in [0.3, 0.4) is 0 Å². The van der Waals surface area contributed by atoms with Crippen LogP contribution in [0.5, 0.6) is 5.75 Å². The van der Waals surface area contributed by atoms with Crippen LogP contribution in [0.15, 0.2) is 54.9 Å². The zero-order valence-corrected chi connectivity index (χ0v) is 14.3. The minimum absolute atomic E-state index is 0.0386. The Morgan fingerprint density at radius 2 is 2.04 bits per heavy atom. The summed E-state index contributed by atoms with van der Waals surface area (Å²) in [5, 5.41) is 6.99. The number of pyridine rings is 1. The number of alkyl halides is 3. The SMILES string of the molecule is O=C(Nc1ccc(Cl)cn1)c1ccn(COc2cccc(C(F)(F)F)c2)n1. The number of nitrogens with one attached hydrogen (secondary N) is 1. The number of nitrogens with zero attached hydrogens (tertiary/aromatic N) is 3. The van der Waals surface area contributed by atoms with Crippen molar-refractivity contribution in [1.29, 1.82) is 0 Å². The van der Waals surface area contributed by atoms with Crippen LogP contribution in [0, 0.1) is 0 Å². The highest BCUT2D eigenvalue weighted by molar-refractivity contribution is 6.30. The molecule has 2 heterocycles. The molecule has 1 aromatic carbocycles. The molecule has 3 rings (SSSR count). The van der Waals surface area contributed by atoms with Crippen LogP contribution < -0.4 is 10.1 Å². The van der Waals surface area contributed by atoms with Crippen molar-refractivity contribution in [3.8, 4) is 5.75 Å². The summed E-state index contributed by atoms with van der Waals surface area (Å²) in [5.74, 6) is -0.154. The lowest BCUT2D eigenvalue weighted by Gasteiger charge is -2.10. The average molecular weight is 397 g/mol. The van der Waals surface area contributed by atoms with Gasteiger partial charge in [0.1, 0.15) is 11.6 Å². The van der Waals surface area contributed by atoms with Crippen LogP contribution >= 0.6 is 11.6 Å². The molecule has 140 valence electrons. The lowest BCUT2D eigenvalue weighted by Crippen LogP contribution is -2.15. The van der Waals surface area contributed by atoms with Crippen molar-refractivity contribution in [2.75, 3.05) is 5.32 Å². The van der Waals surface area contributed by atoms with Crippen molar-refractivity contribution < 1.29 is 22.7 Å². The van der Waals surface area contributed by atoms with E-state index in [1.807, 2.05) is 0 Å². The Morgan fingerprint density at radius 1 is 1.22 bits per heavy atom. The van der Waals surface area contributed by atoms with Gasteiger partial charge >= 0.3 is 6.18 Å². The molecule has 27 heavy (non-hydrogen) atoms. The summed E-state index contributed by atoms with van der Waals surface area (Å²) in [4.78, 5) is 16.1. The highest BCUT2D eigenvalue weighted by atomic mass is 35.5. The van der Waals surface area contributed by atoms with Crippen molar-refractivity contribution in [1.82, 2.24) is 14.8 Å². The number of halogens is 4. The summed E-state index contributed by atoms with van der Waals surface area (Å²) in [6, 6.07) is 9.05. The summed E-state index contributed by atoms with van der Waals surface area (Å²) in [6.07, 6.45) is -1.59. The van der Waals surface area contributed by atoms with Gasteiger partial charge in [-0.3, -0.25) is 4.79 Å². The molecule has 0 radical (unpaired) electrons. The molecule has 0 unspecified atom stereocenters. The van der Waals surface area contributed by atoms with Gasteiger partial charge in [-0.15, -0.1) is 0 Å². The Bertz CT molecular complexity index is 942. The Kier molecular flexibility index (Phi) is 5.31. The number of rotatable bonds is 5. The van der Waals surface area contributed by atoms with Crippen LogP contribution in [0.1, 0.15) is 16.1 Å². The number of ether oxygens (including phenoxy) is 1. The van der Waals surface area contributed by atoms with Crippen LogP contribution in [0.4, 0.5) is 19.0 Å². The summed E-state index contributed by atoms with van der Waals surface area (Å²) in [5.41, 5.74) is -0.713. The predicted octanol–water partition coefficient (Wildman–Crippen LogP) is 4.24. The lowest BCUT2D eigenvalue weighted by molar-refractivity contribution is -0.137. The number of hydrogen-bond acceptors (Lipinski definition) is 4. The quantitative estimate of drug-likeness (QED) is 0.700. The zero-order valence-electron chi connectivity index (χ0n) is 13.6. The second kappa shape index (κ2) is 7.67. The van der Waals surface area contributed by atoms with E-state index in [1.165, 1.54) is 41.3 Å². The number of carbonyl (C=O) groups is 1. The number of amides is 1. The van der Waals surface area contributed by atoms with Crippen LogP contribution in [-0.2, 0) is 12.9 Å². The van der Waals surface area contributed by atoms with Gasteiger partial charge in [-0.2, -0.15) is 18.3 Å². The van der Waals surface area contributed by atoms with Crippen molar-refractivity contribution in [2.24, 2.45) is 0 Å². The van der Waals surface area contributed by atoms with Crippen LogP contribution in [-0.4, -0.2) is 20.7 Å². The van der Waals surface area contributed by atoms with E-state index >= 15 is 0 Å². The Balaban J connectivity index is 1.61.